The van der Waals surface area contributed by atoms with Gasteiger partial charge in [0.15, 0.2) is 0 Å². The van der Waals surface area contributed by atoms with E-state index in [-0.39, 0.29) is 22.5 Å². The third kappa shape index (κ3) is 2.59. The molecule has 6 nitrogen and oxygen atoms in total. The lowest BCUT2D eigenvalue weighted by Gasteiger charge is -2.45. The van der Waals surface area contributed by atoms with E-state index in [0.717, 1.165) is 19.3 Å². The first-order valence-electron chi connectivity index (χ1n) is 7.36. The molecule has 3 rings (SSSR count). The van der Waals surface area contributed by atoms with Gasteiger partial charge in [-0.25, -0.2) is 9.38 Å². The van der Waals surface area contributed by atoms with Crippen LogP contribution in [0.3, 0.4) is 0 Å². The van der Waals surface area contributed by atoms with Gasteiger partial charge in [-0.2, -0.15) is 10.3 Å². The van der Waals surface area contributed by atoms with Crippen LogP contribution < -0.4 is 16.4 Å². The number of hydrogen-bond acceptors (Lipinski definition) is 6. The van der Waals surface area contributed by atoms with Crippen molar-refractivity contribution in [2.75, 3.05) is 4.90 Å². The summed E-state index contributed by atoms with van der Waals surface area (Å²) in [6.45, 7) is 0. The maximum absolute atomic E-state index is 14.0. The normalized spacial score (nSPS) is 20.0. The van der Waals surface area contributed by atoms with Gasteiger partial charge in [-0.3, -0.25) is 4.90 Å². The topological polar surface area (TPSA) is 104 Å². The number of benzene rings is 1. The smallest absolute Gasteiger partial charge is 0.220 e. The van der Waals surface area contributed by atoms with Crippen LogP contribution in [0.4, 0.5) is 10.1 Å². The Morgan fingerprint density at radius 1 is 1.26 bits per heavy atom. The Morgan fingerprint density at radius 3 is 2.61 bits per heavy atom. The van der Waals surface area contributed by atoms with E-state index in [0.29, 0.717) is 18.5 Å². The first-order chi connectivity index (χ1) is 11.0. The second-order valence-electron chi connectivity index (χ2n) is 5.71. The van der Waals surface area contributed by atoms with Gasteiger partial charge in [0, 0.05) is 6.07 Å². The number of rotatable bonds is 1. The van der Waals surface area contributed by atoms with Gasteiger partial charge in [-0.15, -0.1) is 0 Å². The van der Waals surface area contributed by atoms with Crippen LogP contribution in [0.5, 0.6) is 0 Å². The van der Waals surface area contributed by atoms with Gasteiger partial charge < -0.3 is 11.5 Å². The summed E-state index contributed by atoms with van der Waals surface area (Å²) in [6.07, 6.45) is 4.39. The van der Waals surface area contributed by atoms with Crippen LogP contribution in [0, 0.1) is 17.1 Å². The molecule has 120 valence electrons. The maximum Gasteiger partial charge on any atom is 0.220 e. The number of guanidine groups is 2. The minimum absolute atomic E-state index is 0.105. The van der Waals surface area contributed by atoms with Crippen molar-refractivity contribution in [3.63, 3.8) is 0 Å². The molecule has 0 aromatic heterocycles. The lowest BCUT2D eigenvalue weighted by Crippen LogP contribution is -2.58. The molecule has 1 spiro atoms. The number of anilines is 1. The fourth-order valence-corrected chi connectivity index (χ4v) is 3.44. The van der Waals surface area contributed by atoms with E-state index in [2.05, 4.69) is 9.98 Å². The number of nitriles is 1. The highest BCUT2D eigenvalue weighted by Gasteiger charge is 2.43. The first-order valence-corrected chi connectivity index (χ1v) is 7.73. The predicted molar refractivity (Wildman–Crippen MR) is 87.7 cm³/mol. The number of aliphatic imine (C=N–C) groups is 2. The SMILES string of the molecule is N#Cc1cc(Cl)c(F)cc1N1C(N)=NC(N)=NC12CCCCC2. The molecule has 0 bridgehead atoms. The van der Waals surface area contributed by atoms with E-state index >= 15 is 0 Å². The van der Waals surface area contributed by atoms with Crippen molar-refractivity contribution in [3.05, 3.63) is 28.5 Å². The van der Waals surface area contributed by atoms with E-state index in [1.165, 1.54) is 12.1 Å². The summed E-state index contributed by atoms with van der Waals surface area (Å²) < 4.78 is 14.0. The number of nitrogens with zero attached hydrogens (tertiary/aromatic N) is 4. The fourth-order valence-electron chi connectivity index (χ4n) is 3.28. The van der Waals surface area contributed by atoms with Crippen LogP contribution in [0.1, 0.15) is 37.7 Å². The molecule has 0 unspecified atom stereocenters. The highest BCUT2D eigenvalue weighted by atomic mass is 35.5. The minimum Gasteiger partial charge on any atom is -0.369 e. The lowest BCUT2D eigenvalue weighted by molar-refractivity contribution is 0.305. The van der Waals surface area contributed by atoms with E-state index in [1.807, 2.05) is 6.07 Å². The molecule has 0 amide bonds. The van der Waals surface area contributed by atoms with Gasteiger partial charge in [0.25, 0.3) is 0 Å². The van der Waals surface area contributed by atoms with Gasteiger partial charge in [0.05, 0.1) is 16.3 Å². The van der Waals surface area contributed by atoms with Crippen molar-refractivity contribution in [2.24, 2.45) is 21.5 Å². The standard InChI is InChI=1S/C15H16ClFN6/c16-10-6-9(8-18)12(7-11(10)17)23-14(20)21-13(19)22-15(23)4-2-1-3-5-15/h6-7H,1-5H2,(H4,19,20,21,22). The molecule has 4 N–H and O–H groups in total. The van der Waals surface area contributed by atoms with Gasteiger partial charge >= 0.3 is 0 Å². The van der Waals surface area contributed by atoms with Crippen LogP contribution in [0.25, 0.3) is 0 Å². The monoisotopic (exact) mass is 334 g/mol. The van der Waals surface area contributed by atoms with E-state index in [1.54, 1.807) is 4.90 Å². The second-order valence-corrected chi connectivity index (χ2v) is 6.12. The van der Waals surface area contributed by atoms with Gasteiger partial charge in [0.1, 0.15) is 17.5 Å². The summed E-state index contributed by atoms with van der Waals surface area (Å²) in [6, 6.07) is 4.53. The van der Waals surface area contributed by atoms with Crippen LogP contribution in [0.15, 0.2) is 22.1 Å². The molecule has 1 heterocycles. The van der Waals surface area contributed by atoms with Crippen LogP contribution in [-0.2, 0) is 0 Å². The summed E-state index contributed by atoms with van der Waals surface area (Å²) in [7, 11) is 0. The lowest BCUT2D eigenvalue weighted by atomic mass is 9.87. The molecule has 1 fully saturated rings. The summed E-state index contributed by atoms with van der Waals surface area (Å²) in [5, 5.41) is 9.28. The highest BCUT2D eigenvalue weighted by Crippen LogP contribution is 2.41. The minimum atomic E-state index is -0.722. The van der Waals surface area contributed by atoms with Gasteiger partial charge in [0.2, 0.25) is 11.9 Å². The van der Waals surface area contributed by atoms with Crippen molar-refractivity contribution in [1.82, 2.24) is 0 Å². The molecule has 1 aliphatic heterocycles. The highest BCUT2D eigenvalue weighted by molar-refractivity contribution is 6.31. The second kappa shape index (κ2) is 5.70. The van der Waals surface area contributed by atoms with Crippen molar-refractivity contribution in [2.45, 2.75) is 37.8 Å². The van der Waals surface area contributed by atoms with Crippen molar-refractivity contribution < 1.29 is 4.39 Å². The quantitative estimate of drug-likeness (QED) is 0.823. The third-order valence-corrected chi connectivity index (χ3v) is 4.54. The molecule has 23 heavy (non-hydrogen) atoms. The summed E-state index contributed by atoms with van der Waals surface area (Å²) in [4.78, 5) is 10.1. The summed E-state index contributed by atoms with van der Waals surface area (Å²) in [5.41, 5.74) is 11.7. The Hall–Kier alpha value is -2.33. The fraction of sp³-hybridized carbons (Fsp3) is 0.400. The van der Waals surface area contributed by atoms with E-state index in [9.17, 15) is 9.65 Å². The summed E-state index contributed by atoms with van der Waals surface area (Å²) in [5.74, 6) is -0.409. The van der Waals surface area contributed by atoms with Crippen molar-refractivity contribution in [3.8, 4) is 6.07 Å². The number of hydrogen-bond donors (Lipinski definition) is 2. The number of halogens is 2. The Bertz CT molecular complexity index is 745. The molecule has 0 saturated heterocycles. The zero-order valence-corrected chi connectivity index (χ0v) is 13.1. The zero-order chi connectivity index (χ0) is 16.6. The van der Waals surface area contributed by atoms with Gasteiger partial charge in [-0.1, -0.05) is 18.0 Å². The Kier molecular flexibility index (Phi) is 3.86. The molecule has 1 aromatic rings. The molecule has 8 heteroatoms. The first kappa shape index (κ1) is 15.6. The maximum atomic E-state index is 14.0. The molecule has 1 aromatic carbocycles. The van der Waals surface area contributed by atoms with Crippen LogP contribution in [0.2, 0.25) is 5.02 Å². The molecular formula is C15H16ClFN6. The molecule has 2 aliphatic rings. The third-order valence-electron chi connectivity index (χ3n) is 4.25. The molecule has 1 aliphatic carbocycles. The molecule has 1 saturated carbocycles. The van der Waals surface area contributed by atoms with Gasteiger partial charge in [-0.05, 0) is 31.7 Å². The Labute approximate surface area is 138 Å². The van der Waals surface area contributed by atoms with Crippen molar-refractivity contribution in [1.29, 1.82) is 5.26 Å². The average Bonchev–Trinajstić information content (AvgIpc) is 2.50. The number of nitrogens with two attached hydrogens (primary N) is 2. The predicted octanol–water partition coefficient (Wildman–Crippen LogP) is 2.46. The Morgan fingerprint density at radius 2 is 1.96 bits per heavy atom. The molecule has 0 radical (unpaired) electrons. The van der Waals surface area contributed by atoms with E-state index < -0.39 is 11.5 Å². The average molecular weight is 335 g/mol. The van der Waals surface area contributed by atoms with Crippen molar-refractivity contribution >= 4 is 29.2 Å². The van der Waals surface area contributed by atoms with Crippen LogP contribution in [-0.4, -0.2) is 17.6 Å². The Balaban J connectivity index is 2.18. The molecular weight excluding hydrogens is 319 g/mol. The largest absolute Gasteiger partial charge is 0.369 e. The zero-order valence-electron chi connectivity index (χ0n) is 12.4. The van der Waals surface area contributed by atoms with E-state index in [4.69, 9.17) is 23.1 Å². The molecule has 0 atom stereocenters. The van der Waals surface area contributed by atoms with Crippen LogP contribution >= 0.6 is 11.6 Å². The summed E-state index contributed by atoms with van der Waals surface area (Å²) >= 11 is 5.79.